The average molecular weight is 442 g/mol. The molecule has 2 heterocycles. The summed E-state index contributed by atoms with van der Waals surface area (Å²) in [7, 11) is 0. The maximum atomic E-state index is 13.2. The largest absolute Gasteiger partial charge is 0.268 e. The SMILES string of the molecule is O=c1c2ccccc2nc(/C=C/c2csc(-c3ccc(Cl)cc3)n2)n1-c1ccccc1. The van der Waals surface area contributed by atoms with Crippen molar-refractivity contribution >= 4 is 46.0 Å². The molecular weight excluding hydrogens is 426 g/mol. The van der Waals surface area contributed by atoms with Crippen molar-refractivity contribution < 1.29 is 0 Å². The van der Waals surface area contributed by atoms with E-state index in [2.05, 4.69) is 4.98 Å². The van der Waals surface area contributed by atoms with Crippen LogP contribution in [0.15, 0.2) is 89.0 Å². The molecule has 3 aromatic carbocycles. The quantitative estimate of drug-likeness (QED) is 0.327. The third-order valence-corrected chi connectivity index (χ3v) is 5.99. The van der Waals surface area contributed by atoms with Crippen molar-refractivity contribution in [2.75, 3.05) is 0 Å². The van der Waals surface area contributed by atoms with E-state index in [4.69, 9.17) is 16.6 Å². The summed E-state index contributed by atoms with van der Waals surface area (Å²) in [6.07, 6.45) is 3.72. The number of thiazole rings is 1. The number of benzene rings is 3. The van der Waals surface area contributed by atoms with E-state index in [1.54, 1.807) is 22.0 Å². The van der Waals surface area contributed by atoms with Crippen LogP contribution in [-0.2, 0) is 0 Å². The van der Waals surface area contributed by atoms with Crippen LogP contribution in [0.1, 0.15) is 11.5 Å². The van der Waals surface area contributed by atoms with E-state index in [9.17, 15) is 4.79 Å². The summed E-state index contributed by atoms with van der Waals surface area (Å²) in [4.78, 5) is 22.7. The maximum absolute atomic E-state index is 13.2. The molecule has 0 bridgehead atoms. The first kappa shape index (κ1) is 19.4. The lowest BCUT2D eigenvalue weighted by molar-refractivity contribution is 0.944. The van der Waals surface area contributed by atoms with Crippen LogP contribution in [-0.4, -0.2) is 14.5 Å². The van der Waals surface area contributed by atoms with Gasteiger partial charge in [-0.3, -0.25) is 9.36 Å². The minimum Gasteiger partial charge on any atom is -0.268 e. The molecule has 6 heteroatoms. The van der Waals surface area contributed by atoms with Gasteiger partial charge < -0.3 is 0 Å². The Balaban J connectivity index is 1.58. The lowest BCUT2D eigenvalue weighted by Crippen LogP contribution is -2.22. The van der Waals surface area contributed by atoms with Gasteiger partial charge in [0.2, 0.25) is 0 Å². The summed E-state index contributed by atoms with van der Waals surface area (Å²) in [6, 6.07) is 24.5. The molecule has 0 spiro atoms. The molecule has 0 aliphatic heterocycles. The number of nitrogens with zero attached hydrogens (tertiary/aromatic N) is 3. The zero-order chi connectivity index (χ0) is 21.2. The summed E-state index contributed by atoms with van der Waals surface area (Å²) >= 11 is 7.53. The van der Waals surface area contributed by atoms with Gasteiger partial charge in [0.05, 0.1) is 22.3 Å². The first-order valence-corrected chi connectivity index (χ1v) is 10.9. The second-order valence-corrected chi connectivity index (χ2v) is 8.18. The van der Waals surface area contributed by atoms with Crippen molar-refractivity contribution in [3.05, 3.63) is 111 Å². The highest BCUT2D eigenvalue weighted by atomic mass is 35.5. The van der Waals surface area contributed by atoms with E-state index in [-0.39, 0.29) is 5.56 Å². The van der Waals surface area contributed by atoms with Crippen LogP contribution in [0, 0.1) is 0 Å². The number of rotatable bonds is 4. The third kappa shape index (κ3) is 3.93. The second kappa shape index (κ2) is 8.30. The predicted octanol–water partition coefficient (Wildman–Crippen LogP) is 6.33. The topological polar surface area (TPSA) is 47.8 Å². The van der Waals surface area contributed by atoms with Gasteiger partial charge in [0.15, 0.2) is 0 Å². The fraction of sp³-hybridized carbons (Fsp3) is 0. The fourth-order valence-corrected chi connectivity index (χ4v) is 4.26. The first-order chi connectivity index (χ1) is 15.2. The van der Waals surface area contributed by atoms with Gasteiger partial charge in [-0.05, 0) is 48.6 Å². The van der Waals surface area contributed by atoms with Crippen molar-refractivity contribution in [3.8, 4) is 16.3 Å². The monoisotopic (exact) mass is 441 g/mol. The third-order valence-electron chi connectivity index (χ3n) is 4.83. The first-order valence-electron chi connectivity index (χ1n) is 9.66. The van der Waals surface area contributed by atoms with Crippen LogP contribution >= 0.6 is 22.9 Å². The van der Waals surface area contributed by atoms with E-state index in [1.807, 2.05) is 90.3 Å². The molecule has 0 aliphatic rings. The van der Waals surface area contributed by atoms with Gasteiger partial charge in [-0.2, -0.15) is 0 Å². The zero-order valence-electron chi connectivity index (χ0n) is 16.3. The second-order valence-electron chi connectivity index (χ2n) is 6.88. The standard InChI is InChI=1S/C25H16ClN3OS/c26-18-12-10-17(11-13-18)24-27-19(16-31-24)14-15-23-28-22-9-5-4-8-21(22)25(30)29(23)20-6-2-1-3-7-20/h1-16H/b15-14+. The van der Waals surface area contributed by atoms with Gasteiger partial charge in [0, 0.05) is 16.0 Å². The van der Waals surface area contributed by atoms with Gasteiger partial charge in [-0.1, -0.05) is 54.1 Å². The Kier molecular flexibility index (Phi) is 5.20. The molecule has 150 valence electrons. The molecule has 0 unspecified atom stereocenters. The lowest BCUT2D eigenvalue weighted by atomic mass is 10.2. The molecule has 0 atom stereocenters. The van der Waals surface area contributed by atoms with Crippen LogP contribution < -0.4 is 5.56 Å². The number of fused-ring (bicyclic) bond motifs is 1. The number of aromatic nitrogens is 3. The van der Waals surface area contributed by atoms with Crippen molar-refractivity contribution in [1.29, 1.82) is 0 Å². The van der Waals surface area contributed by atoms with Gasteiger partial charge >= 0.3 is 0 Å². The highest BCUT2D eigenvalue weighted by Gasteiger charge is 2.11. The van der Waals surface area contributed by atoms with Gasteiger partial charge in [0.1, 0.15) is 10.8 Å². The van der Waals surface area contributed by atoms with Crippen LogP contribution in [0.2, 0.25) is 5.02 Å². The van der Waals surface area contributed by atoms with Gasteiger partial charge in [0.25, 0.3) is 5.56 Å². The molecule has 0 saturated carbocycles. The molecule has 0 radical (unpaired) electrons. The highest BCUT2D eigenvalue weighted by molar-refractivity contribution is 7.13. The summed E-state index contributed by atoms with van der Waals surface area (Å²) in [5, 5.41) is 4.17. The zero-order valence-corrected chi connectivity index (χ0v) is 17.8. The molecule has 31 heavy (non-hydrogen) atoms. The predicted molar refractivity (Wildman–Crippen MR) is 129 cm³/mol. The Morgan fingerprint density at radius 3 is 2.39 bits per heavy atom. The van der Waals surface area contributed by atoms with E-state index < -0.39 is 0 Å². The number of para-hydroxylation sites is 2. The van der Waals surface area contributed by atoms with Crippen molar-refractivity contribution in [3.63, 3.8) is 0 Å². The van der Waals surface area contributed by atoms with Crippen LogP contribution in [0.4, 0.5) is 0 Å². The summed E-state index contributed by atoms with van der Waals surface area (Å²) in [5.41, 5.74) is 3.15. The molecule has 2 aromatic heterocycles. The Labute approximate surface area is 187 Å². The Bertz CT molecular complexity index is 1450. The molecule has 0 saturated heterocycles. The van der Waals surface area contributed by atoms with Gasteiger partial charge in [-0.25, -0.2) is 9.97 Å². The van der Waals surface area contributed by atoms with Crippen molar-refractivity contribution in [2.45, 2.75) is 0 Å². The molecule has 0 N–H and O–H groups in total. The maximum Gasteiger partial charge on any atom is 0.266 e. The Hall–Kier alpha value is -3.54. The van der Waals surface area contributed by atoms with Crippen LogP contribution in [0.3, 0.4) is 0 Å². The Morgan fingerprint density at radius 2 is 1.58 bits per heavy atom. The van der Waals surface area contributed by atoms with E-state index in [1.165, 1.54) is 0 Å². The summed E-state index contributed by atoms with van der Waals surface area (Å²) in [6.45, 7) is 0. The Morgan fingerprint density at radius 1 is 0.839 bits per heavy atom. The van der Waals surface area contributed by atoms with Crippen LogP contribution in [0.5, 0.6) is 0 Å². The van der Waals surface area contributed by atoms with Gasteiger partial charge in [-0.15, -0.1) is 11.3 Å². The van der Waals surface area contributed by atoms with E-state index >= 15 is 0 Å². The molecule has 0 fully saturated rings. The number of hydrogen-bond acceptors (Lipinski definition) is 4. The fourth-order valence-electron chi connectivity index (χ4n) is 3.34. The summed E-state index contributed by atoms with van der Waals surface area (Å²) in [5.74, 6) is 0.552. The van der Waals surface area contributed by atoms with Crippen LogP contribution in [0.25, 0.3) is 39.3 Å². The molecule has 5 aromatic rings. The normalized spacial score (nSPS) is 11.4. The molecule has 0 aliphatic carbocycles. The molecule has 4 nitrogen and oxygen atoms in total. The number of halogens is 1. The van der Waals surface area contributed by atoms with Crippen molar-refractivity contribution in [2.24, 2.45) is 0 Å². The number of hydrogen-bond donors (Lipinski definition) is 0. The average Bonchev–Trinajstić information content (AvgIpc) is 3.28. The van der Waals surface area contributed by atoms with Crippen molar-refractivity contribution in [1.82, 2.24) is 14.5 Å². The molecule has 5 rings (SSSR count). The summed E-state index contributed by atoms with van der Waals surface area (Å²) < 4.78 is 1.63. The minimum absolute atomic E-state index is 0.100. The molecule has 0 amide bonds. The molecular formula is C25H16ClN3OS. The van der Waals surface area contributed by atoms with E-state index in [0.29, 0.717) is 21.7 Å². The van der Waals surface area contributed by atoms with E-state index in [0.717, 1.165) is 22.0 Å². The lowest BCUT2D eigenvalue weighted by Gasteiger charge is -2.11. The minimum atomic E-state index is -0.100. The smallest absolute Gasteiger partial charge is 0.266 e. The highest BCUT2D eigenvalue weighted by Crippen LogP contribution is 2.26.